The molecule has 0 amide bonds. The highest BCUT2D eigenvalue weighted by molar-refractivity contribution is 7.89. The van der Waals surface area contributed by atoms with Gasteiger partial charge in [0.1, 0.15) is 10.6 Å². The Labute approximate surface area is 172 Å². The lowest BCUT2D eigenvalue weighted by Crippen LogP contribution is -2.31. The highest BCUT2D eigenvalue weighted by Crippen LogP contribution is 2.26. The molecular formula is C19H29ClN4O3S. The van der Waals surface area contributed by atoms with Crippen molar-refractivity contribution in [3.05, 3.63) is 40.2 Å². The lowest BCUT2D eigenvalue weighted by molar-refractivity contribution is 0.239. The van der Waals surface area contributed by atoms with Crippen LogP contribution in [0.1, 0.15) is 30.8 Å². The molecule has 2 aromatic rings. The van der Waals surface area contributed by atoms with Gasteiger partial charge in [-0.25, -0.2) is 8.42 Å². The van der Waals surface area contributed by atoms with Crippen molar-refractivity contribution in [2.75, 3.05) is 27.2 Å². The highest BCUT2D eigenvalue weighted by Gasteiger charge is 2.29. The Morgan fingerprint density at radius 2 is 1.86 bits per heavy atom. The maximum Gasteiger partial charge on any atom is 0.246 e. The van der Waals surface area contributed by atoms with E-state index in [9.17, 15) is 8.42 Å². The maximum absolute atomic E-state index is 13.0. The zero-order valence-corrected chi connectivity index (χ0v) is 18.9. The Bertz CT molecular complexity index is 924. The Balaban J connectivity index is 2.28. The first-order chi connectivity index (χ1) is 13.1. The fraction of sp³-hybridized carbons (Fsp3) is 0.526. The van der Waals surface area contributed by atoms with E-state index in [2.05, 4.69) is 5.10 Å². The molecular weight excluding hydrogens is 400 g/mol. The van der Waals surface area contributed by atoms with Gasteiger partial charge >= 0.3 is 0 Å². The summed E-state index contributed by atoms with van der Waals surface area (Å²) in [4.78, 5) is 2.33. The first-order valence-electron chi connectivity index (χ1n) is 9.20. The predicted molar refractivity (Wildman–Crippen MR) is 111 cm³/mol. The average molecular weight is 429 g/mol. The SMILES string of the molecule is CCN(CC)S(=O)(=O)c1c(C)nn(CN(C)Cc2cc(Cl)ccc2OC)c1C. The molecule has 0 aliphatic carbocycles. The van der Waals surface area contributed by atoms with E-state index in [4.69, 9.17) is 16.3 Å². The van der Waals surface area contributed by atoms with Crippen molar-refractivity contribution < 1.29 is 13.2 Å². The largest absolute Gasteiger partial charge is 0.496 e. The topological polar surface area (TPSA) is 67.7 Å². The van der Waals surface area contributed by atoms with Gasteiger partial charge in [0, 0.05) is 30.2 Å². The van der Waals surface area contributed by atoms with Crippen LogP contribution in [0.2, 0.25) is 5.02 Å². The molecule has 0 radical (unpaired) electrons. The summed E-state index contributed by atoms with van der Waals surface area (Å²) < 4.78 is 34.5. The zero-order valence-electron chi connectivity index (χ0n) is 17.4. The molecule has 0 N–H and O–H groups in total. The summed E-state index contributed by atoms with van der Waals surface area (Å²) in [5.41, 5.74) is 2.10. The minimum absolute atomic E-state index is 0.296. The number of nitrogens with zero attached hydrogens (tertiary/aromatic N) is 4. The summed E-state index contributed by atoms with van der Waals surface area (Å²) >= 11 is 6.11. The van der Waals surface area contributed by atoms with Gasteiger partial charge in [-0.2, -0.15) is 9.40 Å². The number of aromatic nitrogens is 2. The quantitative estimate of drug-likeness (QED) is 0.613. The molecule has 0 aliphatic rings. The number of ether oxygens (including phenoxy) is 1. The van der Waals surface area contributed by atoms with Gasteiger partial charge in [-0.1, -0.05) is 25.4 Å². The van der Waals surface area contributed by atoms with Crippen LogP contribution in [0, 0.1) is 13.8 Å². The van der Waals surface area contributed by atoms with Crippen molar-refractivity contribution in [3.63, 3.8) is 0 Å². The summed E-state index contributed by atoms with van der Waals surface area (Å²) in [6.07, 6.45) is 0. The molecule has 28 heavy (non-hydrogen) atoms. The van der Waals surface area contributed by atoms with E-state index in [1.807, 2.05) is 37.9 Å². The van der Waals surface area contributed by atoms with Crippen molar-refractivity contribution in [1.82, 2.24) is 19.0 Å². The van der Waals surface area contributed by atoms with Crippen LogP contribution in [0.3, 0.4) is 0 Å². The normalized spacial score (nSPS) is 12.2. The van der Waals surface area contributed by atoms with Crippen LogP contribution in [0.4, 0.5) is 0 Å². The van der Waals surface area contributed by atoms with E-state index in [0.29, 0.717) is 47.6 Å². The molecule has 1 aromatic carbocycles. The molecule has 0 spiro atoms. The molecule has 1 aromatic heterocycles. The number of aryl methyl sites for hydroxylation is 1. The Morgan fingerprint density at radius 1 is 1.21 bits per heavy atom. The van der Waals surface area contributed by atoms with E-state index >= 15 is 0 Å². The van der Waals surface area contributed by atoms with E-state index in [-0.39, 0.29) is 0 Å². The van der Waals surface area contributed by atoms with Gasteiger partial charge in [0.25, 0.3) is 0 Å². The summed E-state index contributed by atoms with van der Waals surface area (Å²) in [6.45, 7) is 9.08. The predicted octanol–water partition coefficient (Wildman–Crippen LogP) is 3.28. The fourth-order valence-electron chi connectivity index (χ4n) is 3.32. The van der Waals surface area contributed by atoms with E-state index in [1.54, 1.807) is 31.7 Å². The molecule has 2 rings (SSSR count). The van der Waals surface area contributed by atoms with Crippen LogP contribution < -0.4 is 4.74 Å². The standard InChI is InChI=1S/C19H29ClN4O3S/c1-7-23(8-2)28(25,26)19-14(3)21-24(15(19)4)13-22(5)12-16-11-17(20)9-10-18(16)27-6/h9-11H,7-8,12-13H2,1-6H3. The summed E-state index contributed by atoms with van der Waals surface area (Å²) in [5, 5.41) is 5.12. The molecule has 0 saturated carbocycles. The smallest absolute Gasteiger partial charge is 0.246 e. The van der Waals surface area contributed by atoms with Crippen molar-refractivity contribution in [2.45, 2.75) is 45.8 Å². The lowest BCUT2D eigenvalue weighted by atomic mass is 10.2. The molecule has 0 bridgehead atoms. The third kappa shape index (κ3) is 4.68. The molecule has 156 valence electrons. The van der Waals surface area contributed by atoms with Gasteiger partial charge < -0.3 is 4.74 Å². The van der Waals surface area contributed by atoms with E-state index in [0.717, 1.165) is 11.3 Å². The second kappa shape index (κ2) is 9.26. The zero-order chi connectivity index (χ0) is 21.1. The number of hydrogen-bond acceptors (Lipinski definition) is 5. The third-order valence-electron chi connectivity index (χ3n) is 4.68. The number of benzene rings is 1. The summed E-state index contributed by atoms with van der Waals surface area (Å²) in [5.74, 6) is 0.759. The van der Waals surface area contributed by atoms with Crippen LogP contribution >= 0.6 is 11.6 Å². The van der Waals surface area contributed by atoms with Crippen molar-refractivity contribution >= 4 is 21.6 Å². The maximum atomic E-state index is 13.0. The summed E-state index contributed by atoms with van der Waals surface area (Å²) in [7, 11) is 0.00431. The van der Waals surface area contributed by atoms with Gasteiger partial charge in [0.15, 0.2) is 0 Å². The number of rotatable bonds is 9. The monoisotopic (exact) mass is 428 g/mol. The van der Waals surface area contributed by atoms with Crippen LogP contribution in [-0.4, -0.2) is 54.7 Å². The van der Waals surface area contributed by atoms with Gasteiger partial charge in [-0.3, -0.25) is 9.58 Å². The average Bonchev–Trinajstić information content (AvgIpc) is 2.89. The molecule has 0 atom stereocenters. The van der Waals surface area contributed by atoms with Crippen LogP contribution in [0.5, 0.6) is 5.75 Å². The Morgan fingerprint density at radius 3 is 2.43 bits per heavy atom. The number of hydrogen-bond donors (Lipinski definition) is 0. The number of sulfonamides is 1. The van der Waals surface area contributed by atoms with E-state index < -0.39 is 10.0 Å². The summed E-state index contributed by atoms with van der Waals surface area (Å²) in [6, 6.07) is 5.49. The van der Waals surface area contributed by atoms with Gasteiger partial charge in [-0.15, -0.1) is 0 Å². The van der Waals surface area contributed by atoms with Gasteiger partial charge in [0.2, 0.25) is 10.0 Å². The minimum Gasteiger partial charge on any atom is -0.496 e. The molecule has 7 nitrogen and oxygen atoms in total. The van der Waals surface area contributed by atoms with E-state index in [1.165, 1.54) is 4.31 Å². The molecule has 1 heterocycles. The van der Waals surface area contributed by atoms with Crippen molar-refractivity contribution in [1.29, 1.82) is 0 Å². The molecule has 0 aliphatic heterocycles. The second-order valence-corrected chi connectivity index (χ2v) is 9.01. The highest BCUT2D eigenvalue weighted by atomic mass is 35.5. The van der Waals surface area contributed by atoms with Gasteiger partial charge in [-0.05, 0) is 39.1 Å². The first-order valence-corrected chi connectivity index (χ1v) is 11.0. The van der Waals surface area contributed by atoms with Gasteiger partial charge in [0.05, 0.1) is 25.2 Å². The van der Waals surface area contributed by atoms with Crippen LogP contribution in [0.25, 0.3) is 0 Å². The Hall–Kier alpha value is -1.61. The van der Waals surface area contributed by atoms with Crippen LogP contribution in [0.15, 0.2) is 23.1 Å². The molecule has 0 unspecified atom stereocenters. The molecule has 0 fully saturated rings. The second-order valence-electron chi connectivity index (χ2n) is 6.70. The Kier molecular flexibility index (Phi) is 7.50. The number of methoxy groups -OCH3 is 1. The van der Waals surface area contributed by atoms with Crippen LogP contribution in [-0.2, 0) is 23.2 Å². The number of halogens is 1. The minimum atomic E-state index is -3.56. The van der Waals surface area contributed by atoms with Crippen molar-refractivity contribution in [2.24, 2.45) is 0 Å². The fourth-order valence-corrected chi connectivity index (χ4v) is 5.35. The molecule has 0 saturated heterocycles. The molecule has 9 heteroatoms. The first kappa shape index (κ1) is 22.7. The lowest BCUT2D eigenvalue weighted by Gasteiger charge is -2.20. The van der Waals surface area contributed by atoms with Crippen molar-refractivity contribution in [3.8, 4) is 5.75 Å². The third-order valence-corrected chi connectivity index (χ3v) is 7.21.